The topological polar surface area (TPSA) is 52.3 Å². The Kier molecular flexibility index (Phi) is 4.83. The molecule has 2 aromatic rings. The second-order valence-corrected chi connectivity index (χ2v) is 6.07. The van der Waals surface area contributed by atoms with Crippen LogP contribution in [0.5, 0.6) is 5.75 Å². The first-order valence-electron chi connectivity index (χ1n) is 5.92. The predicted molar refractivity (Wildman–Crippen MR) is 87.3 cm³/mol. The minimum atomic E-state index is -0.0134. The van der Waals surface area contributed by atoms with Crippen LogP contribution in [0.4, 0.5) is 5.69 Å². The van der Waals surface area contributed by atoms with E-state index in [0.717, 1.165) is 14.5 Å². The summed E-state index contributed by atoms with van der Waals surface area (Å²) >= 11 is 6.78. The lowest BCUT2D eigenvalue weighted by Gasteiger charge is -2.10. The molecule has 104 valence electrons. The molecule has 0 aliphatic carbocycles. The molecule has 3 nitrogen and oxygen atoms in total. The Bertz CT molecular complexity index is 656. The number of nitrogen functional groups attached to an aromatic ring is 1. The maximum atomic E-state index is 12.4. The molecule has 0 saturated carbocycles. The lowest BCUT2D eigenvalue weighted by atomic mass is 10.0. The largest absolute Gasteiger partial charge is 0.496 e. The van der Waals surface area contributed by atoms with E-state index < -0.39 is 0 Å². The molecule has 0 unspecified atom stereocenters. The summed E-state index contributed by atoms with van der Waals surface area (Å²) in [5.74, 6) is 0.683. The van der Waals surface area contributed by atoms with Gasteiger partial charge in [0.1, 0.15) is 5.75 Å². The highest BCUT2D eigenvalue weighted by Gasteiger charge is 2.14. The van der Waals surface area contributed by atoms with E-state index in [4.69, 9.17) is 10.5 Å². The molecule has 0 heterocycles. The Labute approximate surface area is 134 Å². The predicted octanol–water partition coefficient (Wildman–Crippen LogP) is 4.23. The molecular weight excluding hydrogens is 386 g/mol. The molecule has 0 atom stereocenters. The highest BCUT2D eigenvalue weighted by Crippen LogP contribution is 2.26. The quantitative estimate of drug-likeness (QED) is 0.619. The minimum absolute atomic E-state index is 0.0134. The Morgan fingerprint density at radius 1 is 1.20 bits per heavy atom. The molecule has 0 amide bonds. The smallest absolute Gasteiger partial charge is 0.168 e. The third-order valence-electron chi connectivity index (χ3n) is 2.88. The number of methoxy groups -OCH3 is 1. The zero-order chi connectivity index (χ0) is 14.7. The number of anilines is 1. The molecule has 0 aliphatic heterocycles. The number of carbonyl (C=O) groups is 1. The van der Waals surface area contributed by atoms with Crippen molar-refractivity contribution >= 4 is 43.3 Å². The molecule has 0 bridgehead atoms. The average molecular weight is 399 g/mol. The van der Waals surface area contributed by atoms with E-state index in [2.05, 4.69) is 31.9 Å². The van der Waals surface area contributed by atoms with Crippen LogP contribution < -0.4 is 10.5 Å². The molecule has 0 radical (unpaired) electrons. The Morgan fingerprint density at radius 3 is 2.65 bits per heavy atom. The normalized spacial score (nSPS) is 10.3. The van der Waals surface area contributed by atoms with Crippen LogP contribution in [0.15, 0.2) is 45.3 Å². The Balaban J connectivity index is 2.32. The van der Waals surface area contributed by atoms with E-state index in [1.54, 1.807) is 25.3 Å². The van der Waals surface area contributed by atoms with Gasteiger partial charge in [-0.25, -0.2) is 0 Å². The van der Waals surface area contributed by atoms with Crippen molar-refractivity contribution in [3.05, 3.63) is 56.5 Å². The third-order valence-corrected chi connectivity index (χ3v) is 4.07. The van der Waals surface area contributed by atoms with Gasteiger partial charge in [0.15, 0.2) is 5.78 Å². The molecule has 0 aromatic heterocycles. The fourth-order valence-corrected chi connectivity index (χ4v) is 2.79. The van der Waals surface area contributed by atoms with Crippen LogP contribution in [-0.4, -0.2) is 12.9 Å². The van der Waals surface area contributed by atoms with Gasteiger partial charge in [-0.2, -0.15) is 0 Å². The second-order valence-electron chi connectivity index (χ2n) is 4.30. The fourth-order valence-electron chi connectivity index (χ4n) is 1.91. The summed E-state index contributed by atoms with van der Waals surface area (Å²) in [5, 5.41) is 0. The molecule has 0 fully saturated rings. The van der Waals surface area contributed by atoms with E-state index in [1.165, 1.54) is 0 Å². The number of carbonyl (C=O) groups excluding carboxylic acids is 1. The number of hydrogen-bond acceptors (Lipinski definition) is 3. The Morgan fingerprint density at radius 2 is 1.95 bits per heavy atom. The number of ketones is 1. The van der Waals surface area contributed by atoms with Crippen molar-refractivity contribution in [2.45, 2.75) is 6.42 Å². The van der Waals surface area contributed by atoms with Gasteiger partial charge in [0, 0.05) is 32.2 Å². The van der Waals surface area contributed by atoms with Gasteiger partial charge in [-0.1, -0.05) is 31.9 Å². The number of rotatable bonds is 4. The van der Waals surface area contributed by atoms with Gasteiger partial charge in [0.05, 0.1) is 7.11 Å². The van der Waals surface area contributed by atoms with E-state index in [9.17, 15) is 4.79 Å². The lowest BCUT2D eigenvalue weighted by Crippen LogP contribution is -2.06. The van der Waals surface area contributed by atoms with Crippen LogP contribution in [0.1, 0.15) is 15.9 Å². The van der Waals surface area contributed by atoms with Crippen LogP contribution in [-0.2, 0) is 6.42 Å². The van der Waals surface area contributed by atoms with Crippen molar-refractivity contribution in [2.24, 2.45) is 0 Å². The van der Waals surface area contributed by atoms with Crippen LogP contribution >= 0.6 is 31.9 Å². The maximum Gasteiger partial charge on any atom is 0.168 e. The summed E-state index contributed by atoms with van der Waals surface area (Å²) in [5.41, 5.74) is 7.71. The zero-order valence-corrected chi connectivity index (χ0v) is 14.0. The molecule has 5 heteroatoms. The van der Waals surface area contributed by atoms with Gasteiger partial charge < -0.3 is 10.5 Å². The summed E-state index contributed by atoms with van der Waals surface area (Å²) in [6, 6.07) is 10.8. The summed E-state index contributed by atoms with van der Waals surface area (Å²) in [7, 11) is 1.59. The third kappa shape index (κ3) is 3.41. The molecule has 20 heavy (non-hydrogen) atoms. The summed E-state index contributed by atoms with van der Waals surface area (Å²) in [4.78, 5) is 12.4. The van der Waals surface area contributed by atoms with Crippen molar-refractivity contribution < 1.29 is 9.53 Å². The van der Waals surface area contributed by atoms with Gasteiger partial charge >= 0.3 is 0 Å². The number of benzene rings is 2. The number of hydrogen-bond donors (Lipinski definition) is 1. The SMILES string of the molecule is COc1ccc(Br)cc1CC(=O)c1cc(N)ccc1Br. The zero-order valence-electron chi connectivity index (χ0n) is 10.8. The number of Topliss-reactive ketones (excluding diaryl/α,β-unsaturated/α-hetero) is 1. The standard InChI is InChI=1S/C15H13Br2NO2/c1-20-15-5-2-10(16)6-9(15)7-14(19)12-8-11(18)3-4-13(12)17/h2-6,8H,7,18H2,1H3. The molecule has 0 spiro atoms. The molecule has 0 aliphatic rings. The van der Waals surface area contributed by atoms with Gasteiger partial charge in [-0.3, -0.25) is 4.79 Å². The van der Waals surface area contributed by atoms with E-state index in [-0.39, 0.29) is 12.2 Å². The molecule has 0 saturated heterocycles. The van der Waals surface area contributed by atoms with Gasteiger partial charge in [0.25, 0.3) is 0 Å². The van der Waals surface area contributed by atoms with Crippen molar-refractivity contribution in [2.75, 3.05) is 12.8 Å². The second kappa shape index (κ2) is 6.41. The van der Waals surface area contributed by atoms with E-state index in [1.807, 2.05) is 18.2 Å². The Hall–Kier alpha value is -1.33. The average Bonchev–Trinajstić information content (AvgIpc) is 2.41. The van der Waals surface area contributed by atoms with Gasteiger partial charge in [-0.15, -0.1) is 0 Å². The monoisotopic (exact) mass is 397 g/mol. The maximum absolute atomic E-state index is 12.4. The van der Waals surface area contributed by atoms with E-state index >= 15 is 0 Å². The van der Waals surface area contributed by atoms with Crippen LogP contribution in [0.2, 0.25) is 0 Å². The number of halogens is 2. The highest BCUT2D eigenvalue weighted by molar-refractivity contribution is 9.10. The van der Waals surface area contributed by atoms with Crippen molar-refractivity contribution in [1.82, 2.24) is 0 Å². The van der Waals surface area contributed by atoms with Crippen LogP contribution in [0, 0.1) is 0 Å². The first-order valence-corrected chi connectivity index (χ1v) is 7.50. The summed E-state index contributed by atoms with van der Waals surface area (Å²) in [6.45, 7) is 0. The van der Waals surface area contributed by atoms with E-state index in [0.29, 0.717) is 17.0 Å². The number of nitrogens with two attached hydrogens (primary N) is 1. The number of ether oxygens (including phenoxy) is 1. The molecule has 2 aromatic carbocycles. The summed E-state index contributed by atoms with van der Waals surface area (Å²) in [6.07, 6.45) is 0.255. The van der Waals surface area contributed by atoms with Crippen molar-refractivity contribution in [3.8, 4) is 5.75 Å². The molecule has 2 rings (SSSR count). The first-order chi connectivity index (χ1) is 9.51. The fraction of sp³-hybridized carbons (Fsp3) is 0.133. The van der Waals surface area contributed by atoms with Crippen LogP contribution in [0.25, 0.3) is 0 Å². The lowest BCUT2D eigenvalue weighted by molar-refractivity contribution is 0.0991. The molecular formula is C15H13Br2NO2. The van der Waals surface area contributed by atoms with Gasteiger partial charge in [-0.05, 0) is 36.4 Å². The molecule has 2 N–H and O–H groups in total. The summed E-state index contributed by atoms with van der Waals surface area (Å²) < 4.78 is 6.93. The van der Waals surface area contributed by atoms with Crippen LogP contribution in [0.3, 0.4) is 0 Å². The highest BCUT2D eigenvalue weighted by atomic mass is 79.9. The van der Waals surface area contributed by atoms with Crippen molar-refractivity contribution in [1.29, 1.82) is 0 Å². The minimum Gasteiger partial charge on any atom is -0.496 e. The van der Waals surface area contributed by atoms with Gasteiger partial charge in [0.2, 0.25) is 0 Å². The first kappa shape index (κ1) is 15.1. The van der Waals surface area contributed by atoms with Crippen molar-refractivity contribution in [3.63, 3.8) is 0 Å².